The number of carbonyl (C=O) groups excluding carboxylic acids is 2. The first-order chi connectivity index (χ1) is 15.2. The van der Waals surface area contributed by atoms with Gasteiger partial charge in [0, 0.05) is 28.9 Å². The van der Waals surface area contributed by atoms with Gasteiger partial charge >= 0.3 is 0 Å². The Balaban J connectivity index is 1.53. The molecule has 0 unspecified atom stereocenters. The van der Waals surface area contributed by atoms with Gasteiger partial charge in [0.15, 0.2) is 14.6 Å². The number of amides is 2. The van der Waals surface area contributed by atoms with E-state index in [-0.39, 0.29) is 36.9 Å². The van der Waals surface area contributed by atoms with E-state index in [1.807, 2.05) is 24.3 Å². The molecule has 8 nitrogen and oxygen atoms in total. The summed E-state index contributed by atoms with van der Waals surface area (Å²) < 4.78 is 36.5. The first kappa shape index (κ1) is 24.5. The average molecular weight is 572 g/mol. The summed E-state index contributed by atoms with van der Waals surface area (Å²) in [6.45, 7) is 0.634. The van der Waals surface area contributed by atoms with Crippen molar-refractivity contribution in [1.82, 2.24) is 0 Å². The van der Waals surface area contributed by atoms with E-state index in [2.05, 4.69) is 27.9 Å². The van der Waals surface area contributed by atoms with Gasteiger partial charge in [-0.1, -0.05) is 6.07 Å². The van der Waals surface area contributed by atoms with E-state index >= 15 is 0 Å². The number of rotatable bonds is 9. The predicted octanol–water partition coefficient (Wildman–Crippen LogP) is 2.90. The molecule has 10 heteroatoms. The van der Waals surface area contributed by atoms with Gasteiger partial charge in [-0.25, -0.2) is 8.42 Å². The fraction of sp³-hybridized carbons (Fsp3) is 0.364. The van der Waals surface area contributed by atoms with Gasteiger partial charge in [0.05, 0.1) is 11.5 Å². The Labute approximate surface area is 200 Å². The number of nitrogens with two attached hydrogens (primary N) is 1. The monoisotopic (exact) mass is 572 g/mol. The second-order valence-electron chi connectivity index (χ2n) is 7.46. The zero-order chi connectivity index (χ0) is 23.2. The second kappa shape index (κ2) is 10.6. The van der Waals surface area contributed by atoms with Crippen LogP contribution in [0.3, 0.4) is 0 Å². The van der Waals surface area contributed by atoms with Crippen LogP contribution in [-0.2, 0) is 24.2 Å². The minimum atomic E-state index is -3.97. The molecule has 2 aromatic carbocycles. The van der Waals surface area contributed by atoms with Gasteiger partial charge in [-0.2, -0.15) is 0 Å². The average Bonchev–Trinajstić information content (AvgIpc) is 2.77. The van der Waals surface area contributed by atoms with Crippen LogP contribution in [0.15, 0.2) is 53.4 Å². The Hall–Kier alpha value is -2.18. The molecule has 0 saturated carbocycles. The molecule has 0 bridgehead atoms. The fourth-order valence-corrected chi connectivity index (χ4v) is 5.96. The van der Waals surface area contributed by atoms with Crippen molar-refractivity contribution in [3.8, 4) is 5.75 Å². The van der Waals surface area contributed by atoms with Crippen LogP contribution in [0.1, 0.15) is 25.7 Å². The second-order valence-corrected chi connectivity index (χ2v) is 11.0. The SMILES string of the molecule is NC(=O)C1(S(=O)(=O)c2ccc(OCCCC(=O)Nc3cccc(I)c3)cc2)CCOCC1. The summed E-state index contributed by atoms with van der Waals surface area (Å²) in [5, 5.41) is 2.84. The molecule has 3 rings (SSSR count). The zero-order valence-corrected chi connectivity index (χ0v) is 20.4. The molecule has 1 aliphatic heterocycles. The molecule has 0 spiro atoms. The summed E-state index contributed by atoms with van der Waals surface area (Å²) in [5.41, 5.74) is 6.23. The summed E-state index contributed by atoms with van der Waals surface area (Å²) in [5.74, 6) is -0.489. The van der Waals surface area contributed by atoms with E-state index in [1.165, 1.54) is 24.3 Å². The van der Waals surface area contributed by atoms with Gasteiger partial charge in [0.1, 0.15) is 5.75 Å². The van der Waals surface area contributed by atoms with E-state index < -0.39 is 20.5 Å². The number of benzene rings is 2. The number of carbonyl (C=O) groups is 2. The van der Waals surface area contributed by atoms with E-state index in [4.69, 9.17) is 15.2 Å². The number of anilines is 1. The van der Waals surface area contributed by atoms with E-state index in [1.54, 1.807) is 0 Å². The number of hydrogen-bond acceptors (Lipinski definition) is 6. The normalized spacial score (nSPS) is 15.7. The molecule has 0 radical (unpaired) electrons. The first-order valence-electron chi connectivity index (χ1n) is 10.2. The molecule has 0 aromatic heterocycles. The van der Waals surface area contributed by atoms with Crippen LogP contribution >= 0.6 is 22.6 Å². The molecule has 2 amide bonds. The van der Waals surface area contributed by atoms with Gasteiger partial charge < -0.3 is 20.5 Å². The summed E-state index contributed by atoms with van der Waals surface area (Å²) in [6, 6.07) is 13.4. The van der Waals surface area contributed by atoms with Gasteiger partial charge in [0.2, 0.25) is 11.8 Å². The lowest BCUT2D eigenvalue weighted by Crippen LogP contribution is -2.53. The fourth-order valence-electron chi connectivity index (χ4n) is 3.50. The standard InChI is InChI=1S/C22H25IN2O6S/c23-16-3-1-4-17(15-16)25-20(26)5-2-12-31-18-6-8-19(9-7-18)32(28,29)22(21(24)27)10-13-30-14-11-22/h1,3-4,6-9,15H,2,5,10-14H2,(H2,24,27)(H,25,26). The van der Waals surface area contributed by atoms with Crippen molar-refractivity contribution in [3.63, 3.8) is 0 Å². The summed E-state index contributed by atoms with van der Waals surface area (Å²) >= 11 is 2.18. The molecule has 3 N–H and O–H groups in total. The minimum absolute atomic E-state index is 0.0161. The molecule has 1 heterocycles. The Morgan fingerprint density at radius 3 is 2.44 bits per heavy atom. The third-order valence-electron chi connectivity index (χ3n) is 5.32. The largest absolute Gasteiger partial charge is 0.494 e. The number of ether oxygens (including phenoxy) is 2. The number of halogens is 1. The highest BCUT2D eigenvalue weighted by atomic mass is 127. The lowest BCUT2D eigenvalue weighted by Gasteiger charge is -2.33. The lowest BCUT2D eigenvalue weighted by atomic mass is 9.98. The third-order valence-corrected chi connectivity index (χ3v) is 8.53. The van der Waals surface area contributed by atoms with Crippen molar-refractivity contribution in [1.29, 1.82) is 0 Å². The van der Waals surface area contributed by atoms with E-state index in [9.17, 15) is 18.0 Å². The van der Waals surface area contributed by atoms with Crippen LogP contribution in [0.2, 0.25) is 0 Å². The maximum atomic E-state index is 13.1. The maximum Gasteiger partial charge on any atom is 0.239 e. The smallest absolute Gasteiger partial charge is 0.239 e. The van der Waals surface area contributed by atoms with Crippen molar-refractivity contribution < 1.29 is 27.5 Å². The molecular formula is C22H25IN2O6S. The van der Waals surface area contributed by atoms with Crippen LogP contribution < -0.4 is 15.8 Å². The maximum absolute atomic E-state index is 13.1. The van der Waals surface area contributed by atoms with Crippen molar-refractivity contribution in [2.24, 2.45) is 5.73 Å². The lowest BCUT2D eigenvalue weighted by molar-refractivity contribution is -0.123. The van der Waals surface area contributed by atoms with Crippen LogP contribution in [-0.4, -0.2) is 44.8 Å². The summed E-state index contributed by atoms with van der Waals surface area (Å²) in [6.07, 6.45) is 0.863. The third kappa shape index (κ3) is 5.59. The molecule has 1 saturated heterocycles. The van der Waals surface area contributed by atoms with Crippen LogP contribution in [0.4, 0.5) is 5.69 Å². The number of nitrogens with one attached hydrogen (secondary N) is 1. The molecule has 1 fully saturated rings. The predicted molar refractivity (Wildman–Crippen MR) is 128 cm³/mol. The van der Waals surface area contributed by atoms with Crippen molar-refractivity contribution in [3.05, 3.63) is 52.1 Å². The van der Waals surface area contributed by atoms with Crippen molar-refractivity contribution in [2.75, 3.05) is 25.1 Å². The number of sulfone groups is 1. The Bertz CT molecular complexity index is 1070. The highest BCUT2D eigenvalue weighted by Crippen LogP contribution is 2.35. The zero-order valence-electron chi connectivity index (χ0n) is 17.4. The quantitative estimate of drug-likeness (QED) is 0.352. The van der Waals surface area contributed by atoms with Crippen LogP contribution in [0, 0.1) is 3.57 Å². The molecule has 32 heavy (non-hydrogen) atoms. The highest BCUT2D eigenvalue weighted by molar-refractivity contribution is 14.1. The molecule has 0 aliphatic carbocycles. The first-order valence-corrected chi connectivity index (χ1v) is 12.7. The van der Waals surface area contributed by atoms with Crippen LogP contribution in [0.25, 0.3) is 0 Å². The Morgan fingerprint density at radius 1 is 1.12 bits per heavy atom. The Morgan fingerprint density at radius 2 is 1.81 bits per heavy atom. The molecule has 172 valence electrons. The molecule has 0 atom stereocenters. The minimum Gasteiger partial charge on any atom is -0.494 e. The van der Waals surface area contributed by atoms with Crippen LogP contribution in [0.5, 0.6) is 5.75 Å². The number of hydrogen-bond donors (Lipinski definition) is 2. The topological polar surface area (TPSA) is 125 Å². The van der Waals surface area contributed by atoms with E-state index in [0.29, 0.717) is 25.2 Å². The highest BCUT2D eigenvalue weighted by Gasteiger charge is 2.51. The summed E-state index contributed by atoms with van der Waals surface area (Å²) in [7, 11) is -3.97. The van der Waals surface area contributed by atoms with Gasteiger partial charge in [-0.3, -0.25) is 9.59 Å². The van der Waals surface area contributed by atoms with Gasteiger partial charge in [-0.05, 0) is 84.3 Å². The van der Waals surface area contributed by atoms with E-state index in [0.717, 1.165) is 9.26 Å². The van der Waals surface area contributed by atoms with Crippen molar-refractivity contribution >= 4 is 49.9 Å². The molecule has 1 aliphatic rings. The molecule has 2 aromatic rings. The van der Waals surface area contributed by atoms with Gasteiger partial charge in [-0.15, -0.1) is 0 Å². The Kier molecular flexibility index (Phi) is 8.12. The number of primary amides is 1. The van der Waals surface area contributed by atoms with Crippen molar-refractivity contribution in [2.45, 2.75) is 35.3 Å². The van der Waals surface area contributed by atoms with Gasteiger partial charge in [0.25, 0.3) is 0 Å². The summed E-state index contributed by atoms with van der Waals surface area (Å²) in [4.78, 5) is 24.1. The molecular weight excluding hydrogens is 547 g/mol.